The van der Waals surface area contributed by atoms with Gasteiger partial charge in [0.1, 0.15) is 0 Å². The standard InChI is InChI=1S/C15H21N3O2.ClH/c16-8-7-14(19)17-10-11-3-1-6-13(9-11)18-15(20)12-4-2-5-12;/h1,3,6,9,12H,2,4-5,7-8,10,16H2,(H,17,19)(H,18,20);1H. The number of carbonyl (C=O) groups excluding carboxylic acids is 2. The van der Waals surface area contributed by atoms with Crippen molar-refractivity contribution in [3.63, 3.8) is 0 Å². The summed E-state index contributed by atoms with van der Waals surface area (Å²) in [6.45, 7) is 0.801. The minimum atomic E-state index is -0.0589. The number of anilines is 1. The maximum atomic E-state index is 11.9. The number of benzene rings is 1. The molecule has 1 saturated carbocycles. The highest BCUT2D eigenvalue weighted by molar-refractivity contribution is 5.93. The average molecular weight is 312 g/mol. The van der Waals surface area contributed by atoms with Gasteiger partial charge in [0.25, 0.3) is 0 Å². The third-order valence-corrected chi connectivity index (χ3v) is 3.53. The fourth-order valence-corrected chi connectivity index (χ4v) is 2.09. The molecule has 0 bridgehead atoms. The summed E-state index contributed by atoms with van der Waals surface area (Å²) in [6.07, 6.45) is 3.45. The predicted molar refractivity (Wildman–Crippen MR) is 85.2 cm³/mol. The molecule has 0 heterocycles. The zero-order valence-corrected chi connectivity index (χ0v) is 12.7. The smallest absolute Gasteiger partial charge is 0.227 e. The summed E-state index contributed by atoms with van der Waals surface area (Å²) in [6, 6.07) is 7.55. The third-order valence-electron chi connectivity index (χ3n) is 3.53. The molecule has 21 heavy (non-hydrogen) atoms. The first kappa shape index (κ1) is 17.5. The lowest BCUT2D eigenvalue weighted by Crippen LogP contribution is -2.28. The van der Waals surface area contributed by atoms with Crippen molar-refractivity contribution in [3.8, 4) is 0 Å². The summed E-state index contributed by atoms with van der Waals surface area (Å²) in [5.74, 6) is 0.208. The lowest BCUT2D eigenvalue weighted by Gasteiger charge is -2.24. The highest BCUT2D eigenvalue weighted by Gasteiger charge is 2.25. The zero-order valence-electron chi connectivity index (χ0n) is 11.9. The van der Waals surface area contributed by atoms with Crippen LogP contribution in [0.15, 0.2) is 24.3 Å². The monoisotopic (exact) mass is 311 g/mol. The van der Waals surface area contributed by atoms with Crippen molar-refractivity contribution in [2.45, 2.75) is 32.2 Å². The van der Waals surface area contributed by atoms with Crippen molar-refractivity contribution in [2.24, 2.45) is 11.7 Å². The van der Waals surface area contributed by atoms with Gasteiger partial charge in [-0.05, 0) is 30.5 Å². The molecule has 0 saturated heterocycles. The largest absolute Gasteiger partial charge is 0.352 e. The van der Waals surface area contributed by atoms with Crippen molar-refractivity contribution in [1.29, 1.82) is 0 Å². The van der Waals surface area contributed by atoms with E-state index < -0.39 is 0 Å². The van der Waals surface area contributed by atoms with Gasteiger partial charge in [0.15, 0.2) is 0 Å². The van der Waals surface area contributed by atoms with Crippen molar-refractivity contribution >= 4 is 29.9 Å². The highest BCUT2D eigenvalue weighted by Crippen LogP contribution is 2.27. The first-order valence-corrected chi connectivity index (χ1v) is 7.05. The van der Waals surface area contributed by atoms with E-state index in [1.807, 2.05) is 24.3 Å². The molecule has 0 aliphatic heterocycles. The van der Waals surface area contributed by atoms with Gasteiger partial charge in [0.05, 0.1) is 0 Å². The molecule has 0 unspecified atom stereocenters. The van der Waals surface area contributed by atoms with Crippen LogP contribution in [0, 0.1) is 5.92 Å². The maximum absolute atomic E-state index is 11.9. The second-order valence-electron chi connectivity index (χ2n) is 5.13. The van der Waals surface area contributed by atoms with Gasteiger partial charge in [0, 0.05) is 31.1 Å². The Hall–Kier alpha value is -1.59. The number of rotatable bonds is 6. The molecule has 4 N–H and O–H groups in total. The molecule has 6 heteroatoms. The molecule has 116 valence electrons. The van der Waals surface area contributed by atoms with Crippen LogP contribution in [0.1, 0.15) is 31.2 Å². The molecule has 1 aliphatic rings. The molecule has 1 aromatic carbocycles. The van der Waals surface area contributed by atoms with E-state index in [1.54, 1.807) is 0 Å². The topological polar surface area (TPSA) is 84.2 Å². The number of nitrogens with one attached hydrogen (secondary N) is 2. The van der Waals surface area contributed by atoms with Crippen molar-refractivity contribution in [3.05, 3.63) is 29.8 Å². The summed E-state index contributed by atoms with van der Waals surface area (Å²) in [5.41, 5.74) is 7.06. The Morgan fingerprint density at radius 2 is 2.05 bits per heavy atom. The van der Waals surface area contributed by atoms with Crippen LogP contribution in [-0.4, -0.2) is 18.4 Å². The second kappa shape index (κ2) is 8.64. The molecule has 0 aromatic heterocycles. The summed E-state index contributed by atoms with van der Waals surface area (Å²) in [7, 11) is 0. The Balaban J connectivity index is 0.00000220. The van der Waals surface area contributed by atoms with Crippen LogP contribution in [0.2, 0.25) is 0 Å². The lowest BCUT2D eigenvalue weighted by atomic mass is 9.85. The van der Waals surface area contributed by atoms with Crippen LogP contribution in [0.25, 0.3) is 0 Å². The first-order valence-electron chi connectivity index (χ1n) is 7.05. The van der Waals surface area contributed by atoms with E-state index in [-0.39, 0.29) is 30.1 Å². The predicted octanol–water partition coefficient (Wildman–Crippen LogP) is 1.81. The molecule has 5 nitrogen and oxygen atoms in total. The second-order valence-corrected chi connectivity index (χ2v) is 5.13. The fourth-order valence-electron chi connectivity index (χ4n) is 2.09. The Morgan fingerprint density at radius 1 is 1.29 bits per heavy atom. The summed E-state index contributed by atoms with van der Waals surface area (Å²) >= 11 is 0. The number of halogens is 1. The van der Waals surface area contributed by atoms with Gasteiger partial charge in [0.2, 0.25) is 11.8 Å². The van der Waals surface area contributed by atoms with E-state index in [2.05, 4.69) is 10.6 Å². The van der Waals surface area contributed by atoms with Crippen LogP contribution in [-0.2, 0) is 16.1 Å². The summed E-state index contributed by atoms with van der Waals surface area (Å²) in [4.78, 5) is 23.2. The molecule has 1 aromatic rings. The number of amides is 2. The van der Waals surface area contributed by atoms with E-state index >= 15 is 0 Å². The van der Waals surface area contributed by atoms with Crippen LogP contribution in [0.5, 0.6) is 0 Å². The van der Waals surface area contributed by atoms with E-state index in [1.165, 1.54) is 0 Å². The van der Waals surface area contributed by atoms with Crippen LogP contribution in [0.3, 0.4) is 0 Å². The lowest BCUT2D eigenvalue weighted by molar-refractivity contribution is -0.122. The van der Waals surface area contributed by atoms with Crippen molar-refractivity contribution < 1.29 is 9.59 Å². The molecule has 1 aliphatic carbocycles. The average Bonchev–Trinajstić information content (AvgIpc) is 2.35. The highest BCUT2D eigenvalue weighted by atomic mass is 35.5. The molecular weight excluding hydrogens is 290 g/mol. The molecule has 1 fully saturated rings. The summed E-state index contributed by atoms with van der Waals surface area (Å²) < 4.78 is 0. The Kier molecular flexibility index (Phi) is 7.19. The first-order chi connectivity index (χ1) is 9.69. The SMILES string of the molecule is Cl.NCCC(=O)NCc1cccc(NC(=O)C2CCC2)c1. The number of nitrogens with two attached hydrogens (primary N) is 1. The van der Waals surface area contributed by atoms with Crippen molar-refractivity contribution in [2.75, 3.05) is 11.9 Å². The quantitative estimate of drug-likeness (QED) is 0.749. The van der Waals surface area contributed by atoms with E-state index in [0.29, 0.717) is 19.5 Å². The van der Waals surface area contributed by atoms with Crippen LogP contribution >= 0.6 is 12.4 Å². The Labute approximate surface area is 131 Å². The van der Waals surface area contributed by atoms with E-state index in [9.17, 15) is 9.59 Å². The molecule has 2 amide bonds. The Morgan fingerprint density at radius 3 is 2.67 bits per heavy atom. The van der Waals surface area contributed by atoms with Crippen LogP contribution in [0.4, 0.5) is 5.69 Å². The number of carbonyl (C=O) groups is 2. The molecular formula is C15H22ClN3O2. The fraction of sp³-hybridized carbons (Fsp3) is 0.467. The minimum Gasteiger partial charge on any atom is -0.352 e. The molecule has 0 atom stereocenters. The van der Waals surface area contributed by atoms with Gasteiger partial charge in [-0.3, -0.25) is 9.59 Å². The van der Waals surface area contributed by atoms with Crippen molar-refractivity contribution in [1.82, 2.24) is 5.32 Å². The zero-order chi connectivity index (χ0) is 14.4. The molecule has 0 spiro atoms. The van der Waals surface area contributed by atoms with E-state index in [0.717, 1.165) is 30.5 Å². The van der Waals surface area contributed by atoms with Crippen LogP contribution < -0.4 is 16.4 Å². The number of hydrogen-bond acceptors (Lipinski definition) is 3. The molecule has 2 rings (SSSR count). The third kappa shape index (κ3) is 5.36. The summed E-state index contributed by atoms with van der Waals surface area (Å²) in [5, 5.41) is 5.72. The van der Waals surface area contributed by atoms with Gasteiger partial charge < -0.3 is 16.4 Å². The minimum absolute atomic E-state index is 0. The maximum Gasteiger partial charge on any atom is 0.227 e. The van der Waals surface area contributed by atoms with Gasteiger partial charge in [-0.2, -0.15) is 0 Å². The van der Waals surface area contributed by atoms with Gasteiger partial charge in [-0.1, -0.05) is 18.6 Å². The number of hydrogen-bond donors (Lipinski definition) is 3. The normalized spacial score (nSPS) is 13.8. The van der Waals surface area contributed by atoms with Gasteiger partial charge >= 0.3 is 0 Å². The van der Waals surface area contributed by atoms with Gasteiger partial charge in [-0.25, -0.2) is 0 Å². The molecule has 0 radical (unpaired) electrons. The Bertz CT molecular complexity index is 490. The van der Waals surface area contributed by atoms with E-state index in [4.69, 9.17) is 5.73 Å². The van der Waals surface area contributed by atoms with Gasteiger partial charge in [-0.15, -0.1) is 12.4 Å².